The first kappa shape index (κ1) is 18.6. The fourth-order valence-electron chi connectivity index (χ4n) is 4.32. The molecule has 8 heteroatoms. The van der Waals surface area contributed by atoms with Crippen molar-refractivity contribution in [3.63, 3.8) is 0 Å². The van der Waals surface area contributed by atoms with Crippen LogP contribution in [0.1, 0.15) is 0 Å². The van der Waals surface area contributed by atoms with Gasteiger partial charge in [0.1, 0.15) is 11.6 Å². The first-order valence-electron chi connectivity index (χ1n) is 9.85. The third-order valence-electron chi connectivity index (χ3n) is 5.87. The number of urea groups is 1. The molecule has 0 spiro atoms. The predicted molar refractivity (Wildman–Crippen MR) is 110 cm³/mol. The van der Waals surface area contributed by atoms with Crippen LogP contribution in [0.3, 0.4) is 0 Å². The topological polar surface area (TPSA) is 62.2 Å². The van der Waals surface area contributed by atoms with Crippen LogP contribution in [0.2, 0.25) is 0 Å². The van der Waals surface area contributed by atoms with Crippen LogP contribution in [0, 0.1) is 23.5 Å². The van der Waals surface area contributed by atoms with Gasteiger partial charge in [-0.2, -0.15) is 5.10 Å². The van der Waals surface area contributed by atoms with Crippen molar-refractivity contribution in [2.75, 3.05) is 23.3 Å². The van der Waals surface area contributed by atoms with Crippen LogP contribution in [0.4, 0.5) is 25.0 Å². The Bertz CT molecular complexity index is 1100. The Morgan fingerprint density at radius 2 is 1.90 bits per heavy atom. The second kappa shape index (κ2) is 7.12. The molecule has 154 valence electrons. The lowest BCUT2D eigenvalue weighted by atomic mass is 10.1. The molecule has 1 saturated heterocycles. The number of carbonyl (C=O) groups excluding carboxylic acids is 1. The summed E-state index contributed by atoms with van der Waals surface area (Å²) in [4.78, 5) is 14.3. The van der Waals surface area contributed by atoms with Crippen LogP contribution in [-0.4, -0.2) is 34.9 Å². The number of amides is 2. The fourth-order valence-corrected chi connectivity index (χ4v) is 4.32. The number of hydrogen-bond donors (Lipinski definition) is 2. The van der Waals surface area contributed by atoms with Crippen molar-refractivity contribution < 1.29 is 13.6 Å². The van der Waals surface area contributed by atoms with E-state index < -0.39 is 11.6 Å². The van der Waals surface area contributed by atoms with Crippen molar-refractivity contribution in [3.8, 4) is 11.3 Å². The largest absolute Gasteiger partial charge is 0.368 e. The van der Waals surface area contributed by atoms with Gasteiger partial charge >= 0.3 is 6.03 Å². The highest BCUT2D eigenvalue weighted by molar-refractivity contribution is 5.90. The van der Waals surface area contributed by atoms with E-state index in [9.17, 15) is 13.6 Å². The molecule has 2 aromatic carbocycles. The molecule has 6 nitrogen and oxygen atoms in total. The number of hydrogen-bond acceptors (Lipinski definition) is 3. The third kappa shape index (κ3) is 3.49. The molecular formula is C22H21F2N5O. The molecular weight excluding hydrogens is 388 g/mol. The molecule has 0 bridgehead atoms. The van der Waals surface area contributed by atoms with Crippen LogP contribution >= 0.6 is 0 Å². The molecule has 3 atom stereocenters. The number of piperidine rings is 1. The number of anilines is 2. The van der Waals surface area contributed by atoms with E-state index in [4.69, 9.17) is 0 Å². The van der Waals surface area contributed by atoms with Gasteiger partial charge in [0, 0.05) is 61.5 Å². The average Bonchev–Trinajstić information content (AvgIpc) is 3.06. The minimum absolute atomic E-state index is 0.0729. The summed E-state index contributed by atoms with van der Waals surface area (Å²) in [6.45, 7) is 1.29. The van der Waals surface area contributed by atoms with E-state index in [1.165, 1.54) is 12.1 Å². The summed E-state index contributed by atoms with van der Waals surface area (Å²) in [5.41, 5.74) is 2.87. The van der Waals surface area contributed by atoms with Crippen molar-refractivity contribution in [2.45, 2.75) is 6.04 Å². The molecule has 2 aliphatic rings. The number of rotatable bonds is 4. The molecule has 2 N–H and O–H groups in total. The maximum absolute atomic E-state index is 14.0. The lowest BCUT2D eigenvalue weighted by Gasteiger charge is -2.23. The molecule has 0 radical (unpaired) electrons. The average molecular weight is 409 g/mol. The molecule has 30 heavy (non-hydrogen) atoms. The van der Waals surface area contributed by atoms with Crippen molar-refractivity contribution in [1.82, 2.24) is 15.1 Å². The Morgan fingerprint density at radius 3 is 2.60 bits per heavy atom. The Hall–Kier alpha value is -3.42. The summed E-state index contributed by atoms with van der Waals surface area (Å²) >= 11 is 0. The van der Waals surface area contributed by atoms with E-state index in [2.05, 4.69) is 15.7 Å². The van der Waals surface area contributed by atoms with Crippen molar-refractivity contribution in [3.05, 3.63) is 66.4 Å². The van der Waals surface area contributed by atoms with Crippen molar-refractivity contribution >= 4 is 17.4 Å². The van der Waals surface area contributed by atoms with Gasteiger partial charge in [0.25, 0.3) is 0 Å². The van der Waals surface area contributed by atoms with Crippen LogP contribution in [0.15, 0.2) is 54.7 Å². The summed E-state index contributed by atoms with van der Waals surface area (Å²) in [6.07, 6.45) is 1.87. The lowest BCUT2D eigenvalue weighted by molar-refractivity contribution is 0.250. The minimum Gasteiger partial charge on any atom is -0.368 e. The van der Waals surface area contributed by atoms with Crippen molar-refractivity contribution in [2.24, 2.45) is 18.9 Å². The standard InChI is InChI=1S/C22H21F2N5O/c1-28-8-7-19(27-28)13-3-2-4-15(9-13)25-22(30)26-21-16-11-29(12-17(16)21)20-6-5-14(23)10-18(20)24/h2-10,16-17,21H,11-12H2,1H3,(H2,25,26,30)/t16-,17+,21+. The quantitative estimate of drug-likeness (QED) is 0.692. The number of fused-ring (bicyclic) bond motifs is 1. The number of nitrogens with zero attached hydrogens (tertiary/aromatic N) is 3. The number of nitrogens with one attached hydrogen (secondary N) is 2. The smallest absolute Gasteiger partial charge is 0.319 e. The van der Waals surface area contributed by atoms with Gasteiger partial charge in [-0.25, -0.2) is 13.6 Å². The first-order valence-corrected chi connectivity index (χ1v) is 9.85. The van der Waals surface area contributed by atoms with Gasteiger partial charge in [-0.05, 0) is 30.3 Å². The summed E-state index contributed by atoms with van der Waals surface area (Å²) in [6, 6.07) is 12.9. The third-order valence-corrected chi connectivity index (χ3v) is 5.87. The molecule has 1 aromatic heterocycles. The van der Waals surface area contributed by atoms with E-state index in [0.717, 1.165) is 17.3 Å². The maximum atomic E-state index is 14.0. The number of benzene rings is 2. The van der Waals surface area contributed by atoms with E-state index in [1.807, 2.05) is 48.5 Å². The highest BCUT2D eigenvalue weighted by Gasteiger charge is 2.56. The van der Waals surface area contributed by atoms with Crippen LogP contribution < -0.4 is 15.5 Å². The summed E-state index contributed by atoms with van der Waals surface area (Å²) in [5.74, 6) is -0.574. The number of halogens is 2. The van der Waals surface area contributed by atoms with E-state index in [0.29, 0.717) is 24.5 Å². The molecule has 1 aliphatic carbocycles. The highest BCUT2D eigenvalue weighted by Crippen LogP contribution is 2.47. The highest BCUT2D eigenvalue weighted by atomic mass is 19.1. The predicted octanol–water partition coefficient (Wildman–Crippen LogP) is 3.62. The van der Waals surface area contributed by atoms with Crippen LogP contribution in [-0.2, 0) is 7.05 Å². The van der Waals surface area contributed by atoms with E-state index >= 15 is 0 Å². The van der Waals surface area contributed by atoms with Gasteiger partial charge in [-0.3, -0.25) is 4.68 Å². The zero-order chi connectivity index (χ0) is 20.8. The number of aromatic nitrogens is 2. The molecule has 3 aromatic rings. The fraction of sp³-hybridized carbons (Fsp3) is 0.273. The monoisotopic (exact) mass is 409 g/mol. The van der Waals surface area contributed by atoms with Gasteiger partial charge in [0.2, 0.25) is 0 Å². The van der Waals surface area contributed by atoms with Gasteiger partial charge in [0.15, 0.2) is 0 Å². The molecule has 1 saturated carbocycles. The Kier molecular flexibility index (Phi) is 4.42. The normalized spacial score (nSPS) is 22.0. The van der Waals surface area contributed by atoms with Crippen LogP contribution in [0.5, 0.6) is 0 Å². The SMILES string of the molecule is Cn1ccc(-c2cccc(NC(=O)N[C@H]3[C@@H]4CN(c5ccc(F)cc5F)C[C@@H]43)c2)n1. The van der Waals surface area contributed by atoms with E-state index in [-0.39, 0.29) is 23.9 Å². The van der Waals surface area contributed by atoms with Gasteiger partial charge in [-0.1, -0.05) is 12.1 Å². The molecule has 2 heterocycles. The zero-order valence-corrected chi connectivity index (χ0v) is 16.3. The Balaban J connectivity index is 1.17. The van der Waals surface area contributed by atoms with Gasteiger partial charge < -0.3 is 15.5 Å². The van der Waals surface area contributed by atoms with Gasteiger partial charge in [-0.15, -0.1) is 0 Å². The molecule has 2 fully saturated rings. The number of aryl methyl sites for hydroxylation is 1. The molecule has 2 amide bonds. The molecule has 0 unspecified atom stereocenters. The zero-order valence-electron chi connectivity index (χ0n) is 16.3. The molecule has 1 aliphatic heterocycles. The Morgan fingerprint density at radius 1 is 1.10 bits per heavy atom. The first-order chi connectivity index (χ1) is 14.5. The summed E-state index contributed by atoms with van der Waals surface area (Å²) in [5, 5.41) is 10.3. The van der Waals surface area contributed by atoms with E-state index in [1.54, 1.807) is 4.68 Å². The van der Waals surface area contributed by atoms with Gasteiger partial charge in [0.05, 0.1) is 11.4 Å². The lowest BCUT2D eigenvalue weighted by Crippen LogP contribution is -2.37. The van der Waals surface area contributed by atoms with Crippen LogP contribution in [0.25, 0.3) is 11.3 Å². The molecule has 5 rings (SSSR count). The minimum atomic E-state index is -0.580. The summed E-state index contributed by atoms with van der Waals surface area (Å²) in [7, 11) is 1.86. The van der Waals surface area contributed by atoms with Crippen molar-refractivity contribution in [1.29, 1.82) is 0 Å². The number of carbonyl (C=O) groups is 1. The second-order valence-corrected chi connectivity index (χ2v) is 7.91. The second-order valence-electron chi connectivity index (χ2n) is 7.91. The Labute approximate surface area is 172 Å². The summed E-state index contributed by atoms with van der Waals surface area (Å²) < 4.78 is 28.8. The maximum Gasteiger partial charge on any atom is 0.319 e.